The number of nitrogens with zero attached hydrogens (tertiary/aromatic N) is 1. The monoisotopic (exact) mass is 281 g/mol. The maximum atomic E-state index is 12.0. The molecular formula is C14H23N3O3. The normalized spacial score (nSPS) is 22.8. The van der Waals surface area contributed by atoms with Gasteiger partial charge in [0.2, 0.25) is 0 Å². The van der Waals surface area contributed by atoms with E-state index in [9.17, 15) is 4.79 Å². The molecule has 0 saturated heterocycles. The Hall–Kier alpha value is -1.40. The predicted octanol–water partition coefficient (Wildman–Crippen LogP) is 1.31. The minimum atomic E-state index is -0.157. The molecule has 0 spiro atoms. The standard InChI is InChI=1S/C14H23N3O3/c1-9-13(10(2)20-17-9)14(18)16-7-8-19-12-5-3-11(15)4-6-12/h11-12H,3-8,15H2,1-2H3,(H,16,18). The Labute approximate surface area is 119 Å². The van der Waals surface area contributed by atoms with Crippen LogP contribution >= 0.6 is 0 Å². The molecule has 6 nitrogen and oxygen atoms in total. The third-order valence-corrected chi connectivity index (χ3v) is 3.72. The lowest BCUT2D eigenvalue weighted by molar-refractivity contribution is 0.0267. The van der Waals surface area contributed by atoms with Crippen LogP contribution in [0, 0.1) is 13.8 Å². The van der Waals surface area contributed by atoms with E-state index in [0.717, 1.165) is 25.7 Å². The average molecular weight is 281 g/mol. The Kier molecular flexibility index (Phi) is 5.14. The van der Waals surface area contributed by atoms with Crippen LogP contribution in [-0.2, 0) is 4.74 Å². The number of carbonyl (C=O) groups is 1. The number of aromatic nitrogens is 1. The van der Waals surface area contributed by atoms with Gasteiger partial charge in [-0.15, -0.1) is 0 Å². The number of ether oxygens (including phenoxy) is 1. The highest BCUT2D eigenvalue weighted by molar-refractivity contribution is 5.96. The highest BCUT2D eigenvalue weighted by Crippen LogP contribution is 2.19. The highest BCUT2D eigenvalue weighted by Gasteiger charge is 2.19. The van der Waals surface area contributed by atoms with Gasteiger partial charge < -0.3 is 20.3 Å². The summed E-state index contributed by atoms with van der Waals surface area (Å²) < 4.78 is 10.7. The molecule has 0 aliphatic heterocycles. The first-order chi connectivity index (χ1) is 9.58. The topological polar surface area (TPSA) is 90.4 Å². The summed E-state index contributed by atoms with van der Waals surface area (Å²) in [6, 6.07) is 0.328. The van der Waals surface area contributed by atoms with Gasteiger partial charge in [-0.1, -0.05) is 5.16 Å². The first-order valence-corrected chi connectivity index (χ1v) is 7.16. The molecule has 6 heteroatoms. The van der Waals surface area contributed by atoms with Crippen LogP contribution in [0.4, 0.5) is 0 Å². The maximum Gasteiger partial charge on any atom is 0.256 e. The third-order valence-electron chi connectivity index (χ3n) is 3.72. The molecule has 1 aromatic rings. The van der Waals surface area contributed by atoms with Crippen molar-refractivity contribution >= 4 is 5.91 Å². The van der Waals surface area contributed by atoms with Crippen molar-refractivity contribution in [3.8, 4) is 0 Å². The van der Waals surface area contributed by atoms with Gasteiger partial charge in [0.15, 0.2) is 0 Å². The molecular weight excluding hydrogens is 258 g/mol. The Balaban J connectivity index is 1.67. The van der Waals surface area contributed by atoms with Crippen LogP contribution in [0.5, 0.6) is 0 Å². The van der Waals surface area contributed by atoms with Gasteiger partial charge in [0, 0.05) is 12.6 Å². The van der Waals surface area contributed by atoms with Crippen LogP contribution < -0.4 is 11.1 Å². The van der Waals surface area contributed by atoms with Crippen molar-refractivity contribution in [2.24, 2.45) is 5.73 Å². The van der Waals surface area contributed by atoms with Crippen LogP contribution in [0.2, 0.25) is 0 Å². The van der Waals surface area contributed by atoms with E-state index in [1.807, 2.05) is 0 Å². The van der Waals surface area contributed by atoms with E-state index in [1.165, 1.54) is 0 Å². The zero-order valence-electron chi connectivity index (χ0n) is 12.1. The molecule has 20 heavy (non-hydrogen) atoms. The van der Waals surface area contributed by atoms with Crippen molar-refractivity contribution < 1.29 is 14.1 Å². The molecule has 2 rings (SSSR count). The Morgan fingerprint density at radius 3 is 2.70 bits per heavy atom. The zero-order chi connectivity index (χ0) is 14.5. The van der Waals surface area contributed by atoms with Crippen molar-refractivity contribution in [1.29, 1.82) is 0 Å². The summed E-state index contributed by atoms with van der Waals surface area (Å²) in [5.41, 5.74) is 6.98. The van der Waals surface area contributed by atoms with Crippen molar-refractivity contribution in [1.82, 2.24) is 10.5 Å². The van der Waals surface area contributed by atoms with Crippen molar-refractivity contribution in [3.05, 3.63) is 17.0 Å². The molecule has 1 aliphatic rings. The Morgan fingerprint density at radius 2 is 2.10 bits per heavy atom. The summed E-state index contributed by atoms with van der Waals surface area (Å²) >= 11 is 0. The van der Waals surface area contributed by atoms with Crippen LogP contribution in [0.3, 0.4) is 0 Å². The highest BCUT2D eigenvalue weighted by atomic mass is 16.5. The minimum absolute atomic E-state index is 0.157. The molecule has 0 radical (unpaired) electrons. The van der Waals surface area contributed by atoms with Gasteiger partial charge in [0.05, 0.1) is 18.4 Å². The number of rotatable bonds is 5. The quantitative estimate of drug-likeness (QED) is 0.794. The number of nitrogens with one attached hydrogen (secondary N) is 1. The van der Waals surface area contributed by atoms with Crippen molar-refractivity contribution in [2.45, 2.75) is 51.7 Å². The molecule has 0 atom stereocenters. The molecule has 0 bridgehead atoms. The van der Waals surface area contributed by atoms with Gasteiger partial charge >= 0.3 is 0 Å². The molecule has 0 unspecified atom stereocenters. The van der Waals surface area contributed by atoms with Crippen molar-refractivity contribution in [3.63, 3.8) is 0 Å². The number of hydrogen-bond acceptors (Lipinski definition) is 5. The summed E-state index contributed by atoms with van der Waals surface area (Å²) in [6.07, 6.45) is 4.36. The van der Waals surface area contributed by atoms with Gasteiger partial charge in [-0.3, -0.25) is 4.79 Å². The van der Waals surface area contributed by atoms with Crippen molar-refractivity contribution in [2.75, 3.05) is 13.2 Å². The summed E-state index contributed by atoms with van der Waals surface area (Å²) in [4.78, 5) is 12.0. The lowest BCUT2D eigenvalue weighted by atomic mass is 9.94. The van der Waals surface area contributed by atoms with Gasteiger partial charge in [0.1, 0.15) is 11.3 Å². The number of aryl methyl sites for hydroxylation is 2. The van der Waals surface area contributed by atoms with Gasteiger partial charge in [0.25, 0.3) is 5.91 Å². The van der Waals surface area contributed by atoms with E-state index in [-0.39, 0.29) is 12.0 Å². The van der Waals surface area contributed by atoms with E-state index in [1.54, 1.807) is 13.8 Å². The van der Waals surface area contributed by atoms with E-state index in [0.29, 0.717) is 36.2 Å². The van der Waals surface area contributed by atoms with Crippen LogP contribution in [0.15, 0.2) is 4.52 Å². The van der Waals surface area contributed by atoms with Crippen LogP contribution in [0.1, 0.15) is 47.5 Å². The number of nitrogens with two attached hydrogens (primary N) is 1. The summed E-state index contributed by atoms with van der Waals surface area (Å²) in [6.45, 7) is 4.50. The number of amides is 1. The van der Waals surface area contributed by atoms with E-state index in [4.69, 9.17) is 15.0 Å². The van der Waals surface area contributed by atoms with Gasteiger partial charge in [-0.2, -0.15) is 0 Å². The molecule has 1 fully saturated rings. The number of hydrogen-bond donors (Lipinski definition) is 2. The summed E-state index contributed by atoms with van der Waals surface area (Å²) in [7, 11) is 0. The number of carbonyl (C=O) groups excluding carboxylic acids is 1. The first-order valence-electron chi connectivity index (χ1n) is 7.16. The predicted molar refractivity (Wildman–Crippen MR) is 74.5 cm³/mol. The summed E-state index contributed by atoms with van der Waals surface area (Å²) in [5.74, 6) is 0.387. The second-order valence-corrected chi connectivity index (χ2v) is 5.36. The fourth-order valence-electron chi connectivity index (χ4n) is 2.54. The second-order valence-electron chi connectivity index (χ2n) is 5.36. The molecule has 1 heterocycles. The molecule has 112 valence electrons. The molecule has 0 aromatic carbocycles. The molecule has 1 saturated carbocycles. The van der Waals surface area contributed by atoms with E-state index in [2.05, 4.69) is 10.5 Å². The first kappa shape index (κ1) is 15.0. The Morgan fingerprint density at radius 1 is 1.40 bits per heavy atom. The largest absolute Gasteiger partial charge is 0.376 e. The third kappa shape index (κ3) is 3.80. The smallest absolute Gasteiger partial charge is 0.256 e. The lowest BCUT2D eigenvalue weighted by Gasteiger charge is -2.26. The molecule has 1 amide bonds. The fraction of sp³-hybridized carbons (Fsp3) is 0.714. The molecule has 3 N–H and O–H groups in total. The van der Waals surface area contributed by atoms with Gasteiger partial charge in [-0.25, -0.2) is 0 Å². The SMILES string of the molecule is Cc1noc(C)c1C(=O)NCCOC1CCC(N)CC1. The maximum absolute atomic E-state index is 12.0. The average Bonchev–Trinajstić information content (AvgIpc) is 2.76. The molecule has 1 aliphatic carbocycles. The Bertz CT molecular complexity index is 431. The van der Waals surface area contributed by atoms with E-state index >= 15 is 0 Å². The van der Waals surface area contributed by atoms with Gasteiger partial charge in [-0.05, 0) is 39.5 Å². The van der Waals surface area contributed by atoms with Crippen LogP contribution in [-0.4, -0.2) is 36.4 Å². The molecule has 1 aromatic heterocycles. The summed E-state index contributed by atoms with van der Waals surface area (Å²) in [5, 5.41) is 6.59. The van der Waals surface area contributed by atoms with Crippen LogP contribution in [0.25, 0.3) is 0 Å². The van der Waals surface area contributed by atoms with E-state index < -0.39 is 0 Å². The minimum Gasteiger partial charge on any atom is -0.376 e. The second kappa shape index (κ2) is 6.85. The fourth-order valence-corrected chi connectivity index (χ4v) is 2.54. The lowest BCUT2D eigenvalue weighted by Crippen LogP contribution is -2.33. The zero-order valence-corrected chi connectivity index (χ0v) is 12.1.